The highest BCUT2D eigenvalue weighted by atomic mass is 16.3. The van der Waals surface area contributed by atoms with Crippen LogP contribution in [0.3, 0.4) is 0 Å². The van der Waals surface area contributed by atoms with Gasteiger partial charge in [0.1, 0.15) is 5.69 Å². The molecule has 1 aromatic rings. The largest absolute Gasteiger partial charge is 0.395 e. The topological polar surface area (TPSA) is 77.5 Å². The molecule has 0 spiro atoms. The molecule has 1 aromatic heterocycles. The summed E-state index contributed by atoms with van der Waals surface area (Å²) in [4.78, 5) is 17.8. The molecule has 1 unspecified atom stereocenters. The summed E-state index contributed by atoms with van der Waals surface area (Å²) in [5.74, 6) is -0.199. The van der Waals surface area contributed by atoms with E-state index in [-0.39, 0.29) is 12.5 Å². The number of aromatic nitrogens is 1. The Kier molecular flexibility index (Phi) is 5.31. The van der Waals surface area contributed by atoms with Gasteiger partial charge in [-0.3, -0.25) is 9.78 Å². The summed E-state index contributed by atoms with van der Waals surface area (Å²) in [6.07, 6.45) is 3.97. The first-order valence-electron chi connectivity index (χ1n) is 7.02. The van der Waals surface area contributed by atoms with Crippen molar-refractivity contribution in [2.75, 3.05) is 38.2 Å². The fourth-order valence-corrected chi connectivity index (χ4v) is 2.49. The zero-order valence-corrected chi connectivity index (χ0v) is 11.8. The monoisotopic (exact) mass is 278 g/mol. The highest BCUT2D eigenvalue weighted by Crippen LogP contribution is 2.17. The van der Waals surface area contributed by atoms with Gasteiger partial charge >= 0.3 is 0 Å². The van der Waals surface area contributed by atoms with Crippen molar-refractivity contribution in [1.29, 1.82) is 0 Å². The van der Waals surface area contributed by atoms with Gasteiger partial charge in [0.05, 0.1) is 6.61 Å². The quantitative estimate of drug-likeness (QED) is 0.682. The Morgan fingerprint density at radius 3 is 3.15 bits per heavy atom. The molecule has 6 heteroatoms. The maximum atomic E-state index is 11.6. The molecule has 3 N–H and O–H groups in total. The van der Waals surface area contributed by atoms with Crippen molar-refractivity contribution in [2.24, 2.45) is 0 Å². The van der Waals surface area contributed by atoms with E-state index in [4.69, 9.17) is 0 Å². The minimum absolute atomic E-state index is 0.0876. The molecule has 6 nitrogen and oxygen atoms in total. The molecular weight excluding hydrogens is 256 g/mol. The van der Waals surface area contributed by atoms with Crippen LogP contribution >= 0.6 is 0 Å². The van der Waals surface area contributed by atoms with Gasteiger partial charge < -0.3 is 20.6 Å². The average molecular weight is 278 g/mol. The zero-order valence-electron chi connectivity index (χ0n) is 11.8. The van der Waals surface area contributed by atoms with Crippen molar-refractivity contribution >= 4 is 11.6 Å². The Balaban J connectivity index is 2.12. The van der Waals surface area contributed by atoms with Crippen LogP contribution in [0.2, 0.25) is 0 Å². The molecule has 1 atom stereocenters. The van der Waals surface area contributed by atoms with Gasteiger partial charge in [-0.05, 0) is 31.5 Å². The molecule has 1 amide bonds. The molecule has 1 saturated heterocycles. The Bertz CT molecular complexity index is 447. The number of carbonyl (C=O) groups is 1. The summed E-state index contributed by atoms with van der Waals surface area (Å²) in [5, 5.41) is 15.3. The summed E-state index contributed by atoms with van der Waals surface area (Å²) in [6, 6.07) is 4.08. The summed E-state index contributed by atoms with van der Waals surface area (Å²) >= 11 is 0. The fourth-order valence-electron chi connectivity index (χ4n) is 2.49. The molecule has 0 aromatic carbocycles. The van der Waals surface area contributed by atoms with Gasteiger partial charge in [0.15, 0.2) is 0 Å². The van der Waals surface area contributed by atoms with Gasteiger partial charge in [-0.25, -0.2) is 0 Å². The lowest BCUT2D eigenvalue weighted by Gasteiger charge is -2.27. The first kappa shape index (κ1) is 14.7. The van der Waals surface area contributed by atoms with Crippen molar-refractivity contribution < 1.29 is 9.90 Å². The van der Waals surface area contributed by atoms with E-state index in [2.05, 4.69) is 20.5 Å². The van der Waals surface area contributed by atoms with Crippen LogP contribution in [0.1, 0.15) is 23.3 Å². The first-order valence-corrected chi connectivity index (χ1v) is 7.02. The molecule has 2 heterocycles. The van der Waals surface area contributed by atoms with Gasteiger partial charge in [0.2, 0.25) is 0 Å². The van der Waals surface area contributed by atoms with E-state index >= 15 is 0 Å². The standard InChI is InChI=1S/C14H22N4O2/c1-15-14(20)13-9-12(4-6-17-13)18(7-8-19)10-11-3-2-5-16-11/h4,6,9,11,16,19H,2-3,5,7-8,10H2,1H3,(H,15,20). The smallest absolute Gasteiger partial charge is 0.269 e. The lowest BCUT2D eigenvalue weighted by atomic mass is 10.2. The number of carbonyl (C=O) groups excluding carboxylic acids is 1. The lowest BCUT2D eigenvalue weighted by molar-refractivity contribution is 0.0958. The highest BCUT2D eigenvalue weighted by molar-refractivity contribution is 5.92. The second-order valence-electron chi connectivity index (χ2n) is 4.94. The maximum Gasteiger partial charge on any atom is 0.269 e. The van der Waals surface area contributed by atoms with E-state index in [0.29, 0.717) is 18.3 Å². The molecular formula is C14H22N4O2. The zero-order chi connectivity index (χ0) is 14.4. The number of nitrogens with zero attached hydrogens (tertiary/aromatic N) is 2. The number of hydrogen-bond donors (Lipinski definition) is 3. The van der Waals surface area contributed by atoms with E-state index in [9.17, 15) is 9.90 Å². The fraction of sp³-hybridized carbons (Fsp3) is 0.571. The normalized spacial score (nSPS) is 18.0. The number of rotatable bonds is 6. The molecule has 2 rings (SSSR count). The Morgan fingerprint density at radius 1 is 1.65 bits per heavy atom. The minimum atomic E-state index is -0.199. The highest BCUT2D eigenvalue weighted by Gasteiger charge is 2.18. The Labute approximate surface area is 119 Å². The van der Waals surface area contributed by atoms with Crippen LogP contribution in [0.4, 0.5) is 5.69 Å². The SMILES string of the molecule is CNC(=O)c1cc(N(CCO)CC2CCCN2)ccn1. The summed E-state index contributed by atoms with van der Waals surface area (Å²) < 4.78 is 0. The lowest BCUT2D eigenvalue weighted by Crippen LogP contribution is -2.39. The minimum Gasteiger partial charge on any atom is -0.395 e. The van der Waals surface area contributed by atoms with Crippen LogP contribution in [0, 0.1) is 0 Å². The number of pyridine rings is 1. The van der Waals surface area contributed by atoms with Gasteiger partial charge in [-0.2, -0.15) is 0 Å². The molecule has 0 radical (unpaired) electrons. The van der Waals surface area contributed by atoms with E-state index in [1.807, 2.05) is 6.07 Å². The van der Waals surface area contributed by atoms with Crippen LogP contribution in [-0.4, -0.2) is 55.3 Å². The van der Waals surface area contributed by atoms with Crippen LogP contribution in [0.15, 0.2) is 18.3 Å². The second kappa shape index (κ2) is 7.21. The van der Waals surface area contributed by atoms with E-state index in [1.54, 1.807) is 19.3 Å². The molecule has 1 aliphatic rings. The molecule has 20 heavy (non-hydrogen) atoms. The molecule has 1 fully saturated rings. The van der Waals surface area contributed by atoms with Crippen molar-refractivity contribution in [2.45, 2.75) is 18.9 Å². The molecule has 0 aliphatic carbocycles. The van der Waals surface area contributed by atoms with Crippen LogP contribution < -0.4 is 15.5 Å². The number of aliphatic hydroxyl groups excluding tert-OH is 1. The average Bonchev–Trinajstić information content (AvgIpc) is 2.99. The molecule has 0 saturated carbocycles. The molecule has 110 valence electrons. The van der Waals surface area contributed by atoms with Gasteiger partial charge in [-0.1, -0.05) is 0 Å². The van der Waals surface area contributed by atoms with Gasteiger partial charge in [0.25, 0.3) is 5.91 Å². The number of hydrogen-bond acceptors (Lipinski definition) is 5. The number of nitrogens with one attached hydrogen (secondary N) is 2. The number of anilines is 1. The summed E-state index contributed by atoms with van der Waals surface area (Å²) in [5.41, 5.74) is 1.31. The number of amides is 1. The van der Waals surface area contributed by atoms with E-state index in [0.717, 1.165) is 25.2 Å². The van der Waals surface area contributed by atoms with Gasteiger partial charge in [-0.15, -0.1) is 0 Å². The van der Waals surface area contributed by atoms with Crippen molar-refractivity contribution in [3.63, 3.8) is 0 Å². The molecule has 0 bridgehead atoms. The van der Waals surface area contributed by atoms with Crippen molar-refractivity contribution in [3.8, 4) is 0 Å². The van der Waals surface area contributed by atoms with Crippen LogP contribution in [0.25, 0.3) is 0 Å². The van der Waals surface area contributed by atoms with Crippen LogP contribution in [-0.2, 0) is 0 Å². The Morgan fingerprint density at radius 2 is 2.50 bits per heavy atom. The van der Waals surface area contributed by atoms with E-state index < -0.39 is 0 Å². The third kappa shape index (κ3) is 3.68. The summed E-state index contributed by atoms with van der Waals surface area (Å²) in [6.45, 7) is 2.52. The first-order chi connectivity index (χ1) is 9.74. The Hall–Kier alpha value is -1.66. The third-order valence-electron chi connectivity index (χ3n) is 3.54. The predicted molar refractivity (Wildman–Crippen MR) is 78.0 cm³/mol. The van der Waals surface area contributed by atoms with Crippen LogP contribution in [0.5, 0.6) is 0 Å². The summed E-state index contributed by atoms with van der Waals surface area (Å²) in [7, 11) is 1.59. The molecule has 1 aliphatic heterocycles. The van der Waals surface area contributed by atoms with Gasteiger partial charge in [0, 0.05) is 38.1 Å². The van der Waals surface area contributed by atoms with Crippen molar-refractivity contribution in [1.82, 2.24) is 15.6 Å². The maximum absolute atomic E-state index is 11.6. The second-order valence-corrected chi connectivity index (χ2v) is 4.94. The van der Waals surface area contributed by atoms with E-state index in [1.165, 1.54) is 6.42 Å². The number of aliphatic hydroxyl groups is 1. The predicted octanol–water partition coefficient (Wildman–Crippen LogP) is -0.00810. The van der Waals surface area contributed by atoms with Crippen molar-refractivity contribution in [3.05, 3.63) is 24.0 Å². The third-order valence-corrected chi connectivity index (χ3v) is 3.54.